The van der Waals surface area contributed by atoms with Crippen molar-refractivity contribution in [2.75, 3.05) is 20.8 Å². The number of nitrogens with zero attached hydrogens (tertiary/aromatic N) is 2. The monoisotopic (exact) mass is 346 g/mol. The van der Waals surface area contributed by atoms with Gasteiger partial charge in [0.1, 0.15) is 5.01 Å². The molecule has 3 rings (SSSR count). The molecule has 0 spiro atoms. The molecule has 0 fully saturated rings. The van der Waals surface area contributed by atoms with E-state index in [0.29, 0.717) is 24.5 Å². The molecule has 0 unspecified atom stereocenters. The molecule has 0 aliphatic carbocycles. The predicted molar refractivity (Wildman–Crippen MR) is 94.7 cm³/mol. The molecule has 128 valence electrons. The van der Waals surface area contributed by atoms with Crippen LogP contribution in [0.4, 0.5) is 0 Å². The van der Waals surface area contributed by atoms with Crippen LogP contribution in [0, 0.1) is 0 Å². The second kappa shape index (κ2) is 7.21. The Morgan fingerprint density at radius 1 is 1.29 bits per heavy atom. The Balaban J connectivity index is 1.85. The fraction of sp³-hybridized carbons (Fsp3) is 0.444. The highest BCUT2D eigenvalue weighted by atomic mass is 32.1. The summed E-state index contributed by atoms with van der Waals surface area (Å²) >= 11 is 1.66. The van der Waals surface area contributed by atoms with Crippen molar-refractivity contribution >= 4 is 17.2 Å². The fourth-order valence-corrected chi connectivity index (χ4v) is 3.99. The van der Waals surface area contributed by atoms with E-state index >= 15 is 0 Å². The number of rotatable bonds is 5. The quantitative estimate of drug-likeness (QED) is 0.831. The Labute approximate surface area is 146 Å². The molecule has 2 aromatic rings. The molecule has 6 heteroatoms. The molecule has 1 aliphatic heterocycles. The van der Waals surface area contributed by atoms with Crippen LogP contribution >= 0.6 is 11.3 Å². The van der Waals surface area contributed by atoms with Crippen molar-refractivity contribution in [1.82, 2.24) is 9.88 Å². The van der Waals surface area contributed by atoms with Gasteiger partial charge in [0, 0.05) is 29.8 Å². The first-order chi connectivity index (χ1) is 11.7. The minimum atomic E-state index is 0.240. The van der Waals surface area contributed by atoms with E-state index in [9.17, 15) is 4.79 Å². The van der Waals surface area contributed by atoms with Crippen LogP contribution in [0.25, 0.3) is 10.6 Å². The van der Waals surface area contributed by atoms with Gasteiger partial charge in [-0.3, -0.25) is 4.79 Å². The van der Waals surface area contributed by atoms with Gasteiger partial charge in [-0.25, -0.2) is 4.98 Å². The van der Waals surface area contributed by atoms with Crippen LogP contribution in [0.1, 0.15) is 30.3 Å². The summed E-state index contributed by atoms with van der Waals surface area (Å²) in [5, 5.41) is 0.964. The SMILES string of the molecule is CCCC(=O)N1CCc2nc(-c3ccc(OC)c(OC)c3)sc2C1. The Bertz CT molecular complexity index is 742. The molecule has 1 amide bonds. The third kappa shape index (κ3) is 3.24. The topological polar surface area (TPSA) is 51.7 Å². The highest BCUT2D eigenvalue weighted by molar-refractivity contribution is 7.15. The van der Waals surface area contributed by atoms with Crippen LogP contribution in [0.2, 0.25) is 0 Å². The van der Waals surface area contributed by atoms with Gasteiger partial charge in [0.15, 0.2) is 11.5 Å². The molecule has 1 aromatic carbocycles. The lowest BCUT2D eigenvalue weighted by Gasteiger charge is -2.26. The summed E-state index contributed by atoms with van der Waals surface area (Å²) in [6, 6.07) is 5.83. The molecule has 0 radical (unpaired) electrons. The van der Waals surface area contributed by atoms with E-state index in [4.69, 9.17) is 14.5 Å². The Hall–Kier alpha value is -2.08. The summed E-state index contributed by atoms with van der Waals surface area (Å²) in [7, 11) is 3.26. The molecule has 2 heterocycles. The van der Waals surface area contributed by atoms with Crippen LogP contribution in [0.3, 0.4) is 0 Å². The summed E-state index contributed by atoms with van der Waals surface area (Å²) in [6.45, 7) is 3.48. The molecule has 0 bridgehead atoms. The molecule has 1 aliphatic rings. The first-order valence-electron chi connectivity index (χ1n) is 8.15. The van der Waals surface area contributed by atoms with E-state index in [-0.39, 0.29) is 5.91 Å². The Kier molecular flexibility index (Phi) is 5.04. The van der Waals surface area contributed by atoms with Gasteiger partial charge in [0.2, 0.25) is 5.91 Å². The van der Waals surface area contributed by atoms with E-state index in [1.807, 2.05) is 30.0 Å². The van der Waals surface area contributed by atoms with Gasteiger partial charge in [-0.15, -0.1) is 11.3 Å². The second-order valence-corrected chi connectivity index (χ2v) is 6.86. The lowest BCUT2D eigenvalue weighted by Crippen LogP contribution is -2.35. The number of hydrogen-bond donors (Lipinski definition) is 0. The molecule has 5 nitrogen and oxygen atoms in total. The smallest absolute Gasteiger partial charge is 0.222 e. The van der Waals surface area contributed by atoms with E-state index < -0.39 is 0 Å². The van der Waals surface area contributed by atoms with Crippen molar-refractivity contribution in [3.63, 3.8) is 0 Å². The van der Waals surface area contributed by atoms with Crippen molar-refractivity contribution in [3.05, 3.63) is 28.8 Å². The van der Waals surface area contributed by atoms with Crippen LogP contribution in [-0.4, -0.2) is 36.6 Å². The maximum absolute atomic E-state index is 12.1. The number of thiazole rings is 1. The van der Waals surface area contributed by atoms with Gasteiger partial charge in [-0.2, -0.15) is 0 Å². The van der Waals surface area contributed by atoms with Crippen LogP contribution < -0.4 is 9.47 Å². The molecular formula is C18H22N2O3S. The third-order valence-electron chi connectivity index (χ3n) is 4.18. The molecule has 1 aromatic heterocycles. The van der Waals surface area contributed by atoms with E-state index in [1.165, 1.54) is 4.88 Å². The summed E-state index contributed by atoms with van der Waals surface area (Å²) in [6.07, 6.45) is 2.34. The van der Waals surface area contributed by atoms with Crippen molar-refractivity contribution in [1.29, 1.82) is 0 Å². The second-order valence-electron chi connectivity index (χ2n) is 5.77. The van der Waals surface area contributed by atoms with Gasteiger partial charge in [0.05, 0.1) is 26.5 Å². The van der Waals surface area contributed by atoms with Gasteiger partial charge < -0.3 is 14.4 Å². The Morgan fingerprint density at radius 2 is 2.08 bits per heavy atom. The van der Waals surface area contributed by atoms with Crippen LogP contribution in [0.5, 0.6) is 11.5 Å². The number of benzene rings is 1. The fourth-order valence-electron chi connectivity index (χ4n) is 2.87. The molecular weight excluding hydrogens is 324 g/mol. The zero-order valence-corrected chi connectivity index (χ0v) is 15.1. The Morgan fingerprint density at radius 3 is 2.79 bits per heavy atom. The number of fused-ring (bicyclic) bond motifs is 1. The highest BCUT2D eigenvalue weighted by Gasteiger charge is 2.24. The van der Waals surface area contributed by atoms with E-state index in [0.717, 1.165) is 35.7 Å². The van der Waals surface area contributed by atoms with Gasteiger partial charge in [0.25, 0.3) is 0 Å². The van der Waals surface area contributed by atoms with E-state index in [1.54, 1.807) is 25.6 Å². The van der Waals surface area contributed by atoms with Gasteiger partial charge >= 0.3 is 0 Å². The normalized spacial score (nSPS) is 13.5. The number of hydrogen-bond acceptors (Lipinski definition) is 5. The number of aromatic nitrogens is 1. The molecule has 24 heavy (non-hydrogen) atoms. The van der Waals surface area contributed by atoms with Crippen molar-refractivity contribution in [3.8, 4) is 22.1 Å². The molecule has 0 atom stereocenters. The first kappa shape index (κ1) is 16.8. The molecule has 0 N–H and O–H groups in total. The average molecular weight is 346 g/mol. The standard InChI is InChI=1S/C18H22N2O3S/c1-4-5-17(21)20-9-8-13-16(11-20)24-18(19-13)12-6-7-14(22-2)15(10-12)23-3/h6-7,10H,4-5,8-9,11H2,1-3H3. The average Bonchev–Trinajstić information content (AvgIpc) is 3.04. The minimum absolute atomic E-state index is 0.240. The number of carbonyl (C=O) groups excluding carboxylic acids is 1. The lowest BCUT2D eigenvalue weighted by molar-refractivity contribution is -0.132. The number of carbonyl (C=O) groups is 1. The first-order valence-corrected chi connectivity index (χ1v) is 8.96. The summed E-state index contributed by atoms with van der Waals surface area (Å²) in [5.41, 5.74) is 2.13. The minimum Gasteiger partial charge on any atom is -0.493 e. The largest absolute Gasteiger partial charge is 0.493 e. The summed E-state index contributed by atoms with van der Waals surface area (Å²) in [4.78, 5) is 20.0. The number of methoxy groups -OCH3 is 2. The number of amides is 1. The molecule has 0 saturated heterocycles. The summed E-state index contributed by atoms with van der Waals surface area (Å²) in [5.74, 6) is 1.64. The lowest BCUT2D eigenvalue weighted by atomic mass is 10.1. The van der Waals surface area contributed by atoms with Crippen molar-refractivity contribution < 1.29 is 14.3 Å². The highest BCUT2D eigenvalue weighted by Crippen LogP contribution is 2.36. The van der Waals surface area contributed by atoms with Crippen molar-refractivity contribution in [2.45, 2.75) is 32.7 Å². The zero-order valence-electron chi connectivity index (χ0n) is 14.3. The maximum Gasteiger partial charge on any atom is 0.222 e. The zero-order chi connectivity index (χ0) is 17.1. The van der Waals surface area contributed by atoms with E-state index in [2.05, 4.69) is 0 Å². The number of ether oxygens (including phenoxy) is 2. The van der Waals surface area contributed by atoms with Gasteiger partial charge in [-0.05, 0) is 24.6 Å². The maximum atomic E-state index is 12.1. The van der Waals surface area contributed by atoms with Crippen LogP contribution in [0.15, 0.2) is 18.2 Å². The predicted octanol–water partition coefficient (Wildman–Crippen LogP) is 3.51. The van der Waals surface area contributed by atoms with Crippen LogP contribution in [-0.2, 0) is 17.8 Å². The van der Waals surface area contributed by atoms with Gasteiger partial charge in [-0.1, -0.05) is 6.92 Å². The molecule has 0 saturated carbocycles. The summed E-state index contributed by atoms with van der Waals surface area (Å²) < 4.78 is 10.7. The third-order valence-corrected chi connectivity index (χ3v) is 5.31. The van der Waals surface area contributed by atoms with Crippen molar-refractivity contribution in [2.24, 2.45) is 0 Å².